The van der Waals surface area contributed by atoms with E-state index in [1.807, 2.05) is 6.07 Å². The molecule has 13 heavy (non-hydrogen) atoms. The summed E-state index contributed by atoms with van der Waals surface area (Å²) in [6, 6.07) is 2.05. The molecule has 5 heteroatoms. The number of hydrogen-bond donors (Lipinski definition) is 2. The van der Waals surface area contributed by atoms with Gasteiger partial charge in [0.15, 0.2) is 0 Å². The van der Waals surface area contributed by atoms with E-state index in [9.17, 15) is 0 Å². The van der Waals surface area contributed by atoms with Gasteiger partial charge in [-0.3, -0.25) is 0 Å². The van der Waals surface area contributed by atoms with Crippen LogP contribution in [0.3, 0.4) is 0 Å². The van der Waals surface area contributed by atoms with Gasteiger partial charge in [0.1, 0.15) is 0 Å². The highest BCUT2D eigenvalue weighted by Gasteiger charge is 2.03. The molecule has 0 saturated carbocycles. The summed E-state index contributed by atoms with van der Waals surface area (Å²) in [4.78, 5) is 1.28. The highest BCUT2D eigenvalue weighted by Crippen LogP contribution is 2.30. The second-order valence-corrected chi connectivity index (χ2v) is 5.95. The van der Waals surface area contributed by atoms with E-state index >= 15 is 0 Å². The highest BCUT2D eigenvalue weighted by molar-refractivity contribution is 9.11. The first-order valence-electron chi connectivity index (χ1n) is 3.99. The number of nitrogens with one attached hydrogen (secondary N) is 1. The summed E-state index contributed by atoms with van der Waals surface area (Å²) < 4.78 is 2.28. The van der Waals surface area contributed by atoms with Crippen molar-refractivity contribution in [2.75, 3.05) is 13.2 Å². The lowest BCUT2D eigenvalue weighted by Crippen LogP contribution is -2.15. The summed E-state index contributed by atoms with van der Waals surface area (Å²) in [5.74, 6) is 0. The minimum absolute atomic E-state index is 0.252. The molecule has 1 rings (SSSR count). The molecule has 0 unspecified atom stereocenters. The molecule has 0 aliphatic carbocycles. The molecule has 0 amide bonds. The number of thiophene rings is 1. The summed E-state index contributed by atoms with van der Waals surface area (Å²) >= 11 is 8.62. The summed E-state index contributed by atoms with van der Waals surface area (Å²) in [6.07, 6.45) is 0.810. The van der Waals surface area contributed by atoms with Gasteiger partial charge in [-0.1, -0.05) is 0 Å². The molecule has 2 N–H and O–H groups in total. The number of rotatable bonds is 5. The van der Waals surface area contributed by atoms with Gasteiger partial charge in [-0.25, -0.2) is 0 Å². The van der Waals surface area contributed by atoms with Crippen LogP contribution >= 0.6 is 43.2 Å². The molecule has 0 aliphatic rings. The molecule has 1 aromatic heterocycles. The van der Waals surface area contributed by atoms with Crippen LogP contribution in [0.25, 0.3) is 0 Å². The van der Waals surface area contributed by atoms with E-state index in [2.05, 4.69) is 37.2 Å². The van der Waals surface area contributed by atoms with Crippen molar-refractivity contribution in [2.24, 2.45) is 0 Å². The number of aliphatic hydroxyl groups excluding tert-OH is 1. The predicted octanol–water partition coefficient (Wildman–Crippen LogP) is 2.75. The zero-order chi connectivity index (χ0) is 9.68. The zero-order valence-electron chi connectivity index (χ0n) is 7.02. The maximum absolute atomic E-state index is 8.57. The molecule has 0 atom stereocenters. The Labute approximate surface area is 98.6 Å². The van der Waals surface area contributed by atoms with E-state index in [1.165, 1.54) is 4.88 Å². The van der Waals surface area contributed by atoms with Crippen LogP contribution in [0.1, 0.15) is 11.3 Å². The quantitative estimate of drug-likeness (QED) is 0.815. The molecule has 0 spiro atoms. The van der Waals surface area contributed by atoms with Gasteiger partial charge in [-0.05, 0) is 50.9 Å². The van der Waals surface area contributed by atoms with Crippen molar-refractivity contribution >= 4 is 43.2 Å². The first kappa shape index (κ1) is 11.7. The molecule has 1 aromatic rings. The highest BCUT2D eigenvalue weighted by atomic mass is 79.9. The van der Waals surface area contributed by atoms with Crippen molar-refractivity contribution in [3.63, 3.8) is 0 Å². The minimum Gasteiger partial charge on any atom is -0.396 e. The van der Waals surface area contributed by atoms with Crippen molar-refractivity contribution in [1.82, 2.24) is 5.32 Å². The Morgan fingerprint density at radius 1 is 1.46 bits per heavy atom. The lowest BCUT2D eigenvalue weighted by molar-refractivity contribution is 0.286. The van der Waals surface area contributed by atoms with E-state index < -0.39 is 0 Å². The molecule has 74 valence electrons. The standard InChI is InChI=1S/C8H11Br2NOS/c9-6-4-8(10)13-7(6)5-11-2-1-3-12/h4,11-12H,1-3,5H2. The molecule has 0 aromatic carbocycles. The Bertz CT molecular complexity index is 265. The van der Waals surface area contributed by atoms with Crippen molar-refractivity contribution < 1.29 is 5.11 Å². The normalized spacial score (nSPS) is 10.7. The van der Waals surface area contributed by atoms with E-state index in [-0.39, 0.29) is 6.61 Å². The van der Waals surface area contributed by atoms with E-state index in [0.29, 0.717) is 0 Å². The molecule has 0 radical (unpaired) electrons. The number of halogens is 2. The van der Waals surface area contributed by atoms with Crippen LogP contribution in [0.15, 0.2) is 14.3 Å². The molecule has 0 aliphatic heterocycles. The maximum Gasteiger partial charge on any atom is 0.0713 e. The third-order valence-corrected chi connectivity index (χ3v) is 4.13. The molecule has 0 fully saturated rings. The molecule has 1 heterocycles. The van der Waals surface area contributed by atoms with Crippen LogP contribution in [0.5, 0.6) is 0 Å². The summed E-state index contributed by atoms with van der Waals surface area (Å²) in [6.45, 7) is 1.97. The Kier molecular flexibility index (Phi) is 5.50. The Hall–Kier alpha value is 0.580. The molecule has 0 saturated heterocycles. The fourth-order valence-corrected chi connectivity index (χ4v) is 3.53. The largest absolute Gasteiger partial charge is 0.396 e. The minimum atomic E-state index is 0.252. The molecule has 0 bridgehead atoms. The number of hydrogen-bond acceptors (Lipinski definition) is 3. The fraction of sp³-hybridized carbons (Fsp3) is 0.500. The van der Waals surface area contributed by atoms with Gasteiger partial charge in [-0.2, -0.15) is 0 Å². The molecular weight excluding hydrogens is 318 g/mol. The smallest absolute Gasteiger partial charge is 0.0713 e. The third kappa shape index (κ3) is 4.08. The second kappa shape index (κ2) is 6.14. The zero-order valence-corrected chi connectivity index (χ0v) is 11.0. The van der Waals surface area contributed by atoms with Crippen molar-refractivity contribution in [2.45, 2.75) is 13.0 Å². The maximum atomic E-state index is 8.57. The Balaban J connectivity index is 2.32. The van der Waals surface area contributed by atoms with Gasteiger partial charge in [0.25, 0.3) is 0 Å². The second-order valence-electron chi connectivity index (χ2n) is 2.58. The van der Waals surface area contributed by atoms with Gasteiger partial charge < -0.3 is 10.4 Å². The summed E-state index contributed by atoms with van der Waals surface area (Å²) in [5.41, 5.74) is 0. The summed E-state index contributed by atoms with van der Waals surface area (Å²) in [7, 11) is 0. The van der Waals surface area contributed by atoms with E-state index in [4.69, 9.17) is 5.11 Å². The van der Waals surface area contributed by atoms with Crippen LogP contribution in [-0.2, 0) is 6.54 Å². The van der Waals surface area contributed by atoms with Crippen LogP contribution in [0.2, 0.25) is 0 Å². The fourth-order valence-electron chi connectivity index (χ4n) is 0.903. The van der Waals surface area contributed by atoms with Gasteiger partial charge in [0.05, 0.1) is 3.79 Å². The van der Waals surface area contributed by atoms with Crippen molar-refractivity contribution in [1.29, 1.82) is 0 Å². The van der Waals surface area contributed by atoms with Crippen LogP contribution in [0, 0.1) is 0 Å². The van der Waals surface area contributed by atoms with Gasteiger partial charge in [0.2, 0.25) is 0 Å². The van der Waals surface area contributed by atoms with Crippen LogP contribution in [0.4, 0.5) is 0 Å². The predicted molar refractivity (Wildman–Crippen MR) is 63.1 cm³/mol. The Morgan fingerprint density at radius 2 is 2.23 bits per heavy atom. The summed E-state index contributed by atoms with van der Waals surface area (Å²) in [5, 5.41) is 11.8. The Morgan fingerprint density at radius 3 is 2.77 bits per heavy atom. The molecular formula is C8H11Br2NOS. The van der Waals surface area contributed by atoms with Gasteiger partial charge >= 0.3 is 0 Å². The van der Waals surface area contributed by atoms with E-state index in [1.54, 1.807) is 11.3 Å². The first-order chi connectivity index (χ1) is 6.24. The third-order valence-electron chi connectivity index (χ3n) is 1.52. The topological polar surface area (TPSA) is 32.3 Å². The number of aliphatic hydroxyl groups is 1. The lowest BCUT2D eigenvalue weighted by Gasteiger charge is -2.01. The lowest BCUT2D eigenvalue weighted by atomic mass is 10.4. The van der Waals surface area contributed by atoms with Crippen LogP contribution in [-0.4, -0.2) is 18.3 Å². The SMILES string of the molecule is OCCCNCc1sc(Br)cc1Br. The van der Waals surface area contributed by atoms with Crippen molar-refractivity contribution in [3.8, 4) is 0 Å². The van der Waals surface area contributed by atoms with E-state index in [0.717, 1.165) is 27.8 Å². The van der Waals surface area contributed by atoms with Gasteiger partial charge in [-0.15, -0.1) is 11.3 Å². The average Bonchev–Trinajstić information content (AvgIpc) is 2.39. The van der Waals surface area contributed by atoms with Crippen LogP contribution < -0.4 is 5.32 Å². The van der Waals surface area contributed by atoms with Gasteiger partial charge in [0, 0.05) is 22.5 Å². The first-order valence-corrected chi connectivity index (χ1v) is 6.39. The molecule has 2 nitrogen and oxygen atoms in total. The van der Waals surface area contributed by atoms with Crippen molar-refractivity contribution in [3.05, 3.63) is 19.2 Å². The average molecular weight is 329 g/mol. The monoisotopic (exact) mass is 327 g/mol.